The fourth-order valence-electron chi connectivity index (χ4n) is 2.61. The first-order valence-corrected chi connectivity index (χ1v) is 9.32. The van der Waals surface area contributed by atoms with Gasteiger partial charge in [-0.2, -0.15) is 0 Å². The van der Waals surface area contributed by atoms with Crippen molar-refractivity contribution in [3.05, 3.63) is 46.2 Å². The van der Waals surface area contributed by atoms with Crippen LogP contribution in [-0.4, -0.2) is 52.8 Å². The molecule has 2 rings (SSSR count). The molecule has 1 unspecified atom stereocenters. The van der Waals surface area contributed by atoms with E-state index in [4.69, 9.17) is 9.47 Å². The van der Waals surface area contributed by atoms with Crippen molar-refractivity contribution < 1.29 is 9.47 Å². The Balaban J connectivity index is 0.00000364. The molecule has 27 heavy (non-hydrogen) atoms. The lowest BCUT2D eigenvalue weighted by Gasteiger charge is -2.24. The minimum atomic E-state index is 0. The van der Waals surface area contributed by atoms with Gasteiger partial charge in [0, 0.05) is 25.0 Å². The van der Waals surface area contributed by atoms with Crippen molar-refractivity contribution in [2.45, 2.75) is 12.6 Å². The summed E-state index contributed by atoms with van der Waals surface area (Å²) in [6.45, 7) is 1.42. The van der Waals surface area contributed by atoms with Crippen molar-refractivity contribution in [3.8, 4) is 11.5 Å². The molecule has 0 aliphatic rings. The average molecular weight is 504 g/mol. The van der Waals surface area contributed by atoms with Crippen LogP contribution in [0.15, 0.2) is 40.7 Å². The first kappa shape index (κ1) is 23.5. The number of nitrogens with one attached hydrogen (secondary N) is 2. The molecule has 0 fully saturated rings. The molecular formula is C19H29IN4O2S. The molecule has 0 saturated heterocycles. The van der Waals surface area contributed by atoms with Crippen molar-refractivity contribution >= 4 is 41.3 Å². The number of nitrogens with zero attached hydrogens (tertiary/aromatic N) is 2. The van der Waals surface area contributed by atoms with Gasteiger partial charge in [0.15, 0.2) is 17.5 Å². The van der Waals surface area contributed by atoms with E-state index in [0.717, 1.165) is 29.6 Å². The van der Waals surface area contributed by atoms with Gasteiger partial charge < -0.3 is 25.0 Å². The smallest absolute Gasteiger partial charge is 0.191 e. The molecule has 0 radical (unpaired) electrons. The lowest BCUT2D eigenvalue weighted by molar-refractivity contribution is 0.302. The number of guanidine groups is 1. The Morgan fingerprint density at radius 2 is 1.89 bits per heavy atom. The van der Waals surface area contributed by atoms with Gasteiger partial charge in [-0.15, -0.1) is 35.3 Å². The molecule has 1 heterocycles. The van der Waals surface area contributed by atoms with Gasteiger partial charge in [-0.25, -0.2) is 0 Å². The maximum Gasteiger partial charge on any atom is 0.191 e. The standard InChI is InChI=1S/C19H28N4O2S.HI/c1-20-19(22-13-15(23(2)3)18-7-6-10-26-18)21-12-14-8-9-16(24-4)17(11-14)25-5;/h6-11,15H,12-13H2,1-5H3,(H2,20,21,22);1H. The molecular weight excluding hydrogens is 475 g/mol. The first-order chi connectivity index (χ1) is 12.6. The third-order valence-corrected chi connectivity index (χ3v) is 5.06. The van der Waals surface area contributed by atoms with Crippen LogP contribution in [0.3, 0.4) is 0 Å². The average Bonchev–Trinajstić information content (AvgIpc) is 3.18. The number of benzene rings is 1. The van der Waals surface area contributed by atoms with Crippen LogP contribution in [0.4, 0.5) is 0 Å². The minimum absolute atomic E-state index is 0. The second kappa shape index (κ2) is 12.0. The number of rotatable bonds is 8. The number of ether oxygens (including phenoxy) is 2. The number of thiophene rings is 1. The highest BCUT2D eigenvalue weighted by molar-refractivity contribution is 14.0. The van der Waals surface area contributed by atoms with E-state index in [1.54, 1.807) is 32.6 Å². The highest BCUT2D eigenvalue weighted by atomic mass is 127. The normalized spacial score (nSPS) is 12.3. The topological polar surface area (TPSA) is 58.1 Å². The molecule has 0 aliphatic heterocycles. The first-order valence-electron chi connectivity index (χ1n) is 8.44. The Morgan fingerprint density at radius 3 is 2.44 bits per heavy atom. The van der Waals surface area contributed by atoms with Gasteiger partial charge in [0.05, 0.1) is 20.3 Å². The Kier molecular flexibility index (Phi) is 10.5. The Morgan fingerprint density at radius 1 is 1.15 bits per heavy atom. The van der Waals surface area contributed by atoms with Crippen molar-refractivity contribution in [2.24, 2.45) is 4.99 Å². The van der Waals surface area contributed by atoms with Crippen molar-refractivity contribution in [1.82, 2.24) is 15.5 Å². The monoisotopic (exact) mass is 504 g/mol. The summed E-state index contributed by atoms with van der Waals surface area (Å²) >= 11 is 1.77. The van der Waals surface area contributed by atoms with Crippen LogP contribution in [0.2, 0.25) is 0 Å². The second-order valence-corrected chi connectivity index (χ2v) is 6.97. The van der Waals surface area contributed by atoms with Crippen LogP contribution in [0.1, 0.15) is 16.5 Å². The highest BCUT2D eigenvalue weighted by Crippen LogP contribution is 2.27. The molecule has 0 spiro atoms. The third-order valence-electron chi connectivity index (χ3n) is 4.09. The summed E-state index contributed by atoms with van der Waals surface area (Å²) in [5.74, 6) is 2.21. The summed E-state index contributed by atoms with van der Waals surface area (Å²) in [5, 5.41) is 8.86. The molecule has 6 nitrogen and oxygen atoms in total. The second-order valence-electron chi connectivity index (χ2n) is 5.99. The maximum absolute atomic E-state index is 5.35. The summed E-state index contributed by atoms with van der Waals surface area (Å²) in [4.78, 5) is 7.86. The van der Waals surface area contributed by atoms with Gasteiger partial charge in [-0.3, -0.25) is 4.99 Å². The molecule has 0 saturated carbocycles. The van der Waals surface area contributed by atoms with Crippen molar-refractivity contribution in [3.63, 3.8) is 0 Å². The molecule has 8 heteroatoms. The third kappa shape index (κ3) is 6.86. The van der Waals surface area contributed by atoms with E-state index in [9.17, 15) is 0 Å². The van der Waals surface area contributed by atoms with Crippen LogP contribution in [0.5, 0.6) is 11.5 Å². The Bertz CT molecular complexity index is 708. The molecule has 2 aromatic rings. The number of methoxy groups -OCH3 is 2. The van der Waals surface area contributed by atoms with E-state index in [0.29, 0.717) is 12.6 Å². The van der Waals surface area contributed by atoms with E-state index in [2.05, 4.69) is 52.1 Å². The summed E-state index contributed by atoms with van der Waals surface area (Å²) in [6, 6.07) is 10.4. The molecule has 1 atom stereocenters. The molecule has 0 aliphatic carbocycles. The van der Waals surface area contributed by atoms with E-state index in [-0.39, 0.29) is 24.0 Å². The number of hydrogen-bond donors (Lipinski definition) is 2. The SMILES string of the molecule is CN=C(NCc1ccc(OC)c(OC)c1)NCC(c1cccs1)N(C)C.I. The summed E-state index contributed by atoms with van der Waals surface area (Å²) in [5.41, 5.74) is 1.09. The number of hydrogen-bond acceptors (Lipinski definition) is 5. The fourth-order valence-corrected chi connectivity index (χ4v) is 3.53. The van der Waals surface area contributed by atoms with Crippen LogP contribution >= 0.6 is 35.3 Å². The van der Waals surface area contributed by atoms with Crippen LogP contribution in [-0.2, 0) is 6.54 Å². The molecule has 150 valence electrons. The number of likely N-dealkylation sites (N-methyl/N-ethyl adjacent to an activating group) is 1. The molecule has 1 aromatic heterocycles. The number of aliphatic imine (C=N–C) groups is 1. The Hall–Kier alpha value is -1.52. The summed E-state index contributed by atoms with van der Waals surface area (Å²) in [7, 11) is 9.23. The maximum atomic E-state index is 5.35. The number of halogens is 1. The van der Waals surface area contributed by atoms with Crippen LogP contribution in [0.25, 0.3) is 0 Å². The molecule has 0 amide bonds. The molecule has 1 aromatic carbocycles. The molecule has 0 bridgehead atoms. The van der Waals surface area contributed by atoms with Gasteiger partial charge >= 0.3 is 0 Å². The lowest BCUT2D eigenvalue weighted by atomic mass is 10.2. The van der Waals surface area contributed by atoms with Gasteiger partial charge in [0.2, 0.25) is 0 Å². The van der Waals surface area contributed by atoms with Crippen LogP contribution < -0.4 is 20.1 Å². The zero-order valence-corrected chi connectivity index (χ0v) is 19.6. The fraction of sp³-hybridized carbons (Fsp3) is 0.421. The summed E-state index contributed by atoms with van der Waals surface area (Å²) in [6.07, 6.45) is 0. The minimum Gasteiger partial charge on any atom is -0.493 e. The predicted molar refractivity (Wildman–Crippen MR) is 124 cm³/mol. The highest BCUT2D eigenvalue weighted by Gasteiger charge is 2.15. The van der Waals surface area contributed by atoms with E-state index in [1.807, 2.05) is 18.2 Å². The Labute approximate surface area is 183 Å². The van der Waals surface area contributed by atoms with Gasteiger partial charge in [0.25, 0.3) is 0 Å². The summed E-state index contributed by atoms with van der Waals surface area (Å²) < 4.78 is 10.6. The van der Waals surface area contributed by atoms with Gasteiger partial charge in [-0.1, -0.05) is 12.1 Å². The van der Waals surface area contributed by atoms with Crippen LogP contribution in [0, 0.1) is 0 Å². The zero-order chi connectivity index (χ0) is 18.9. The molecule has 2 N–H and O–H groups in total. The van der Waals surface area contributed by atoms with E-state index in [1.165, 1.54) is 4.88 Å². The van der Waals surface area contributed by atoms with Crippen molar-refractivity contribution in [1.29, 1.82) is 0 Å². The largest absolute Gasteiger partial charge is 0.493 e. The predicted octanol–water partition coefficient (Wildman–Crippen LogP) is 3.35. The van der Waals surface area contributed by atoms with E-state index < -0.39 is 0 Å². The van der Waals surface area contributed by atoms with Gasteiger partial charge in [0.1, 0.15) is 0 Å². The zero-order valence-electron chi connectivity index (χ0n) is 16.5. The van der Waals surface area contributed by atoms with Gasteiger partial charge in [-0.05, 0) is 43.2 Å². The quantitative estimate of drug-likeness (QED) is 0.328. The van der Waals surface area contributed by atoms with Crippen molar-refractivity contribution in [2.75, 3.05) is 41.9 Å². The lowest BCUT2D eigenvalue weighted by Crippen LogP contribution is -2.41. The van der Waals surface area contributed by atoms with E-state index >= 15 is 0 Å².